The van der Waals surface area contributed by atoms with Crippen molar-refractivity contribution in [1.82, 2.24) is 10.2 Å². The Hall–Kier alpha value is -2.53. The van der Waals surface area contributed by atoms with Crippen molar-refractivity contribution in [2.45, 2.75) is 18.2 Å². The van der Waals surface area contributed by atoms with Crippen LogP contribution in [0.4, 0.5) is 11.5 Å². The first-order chi connectivity index (χ1) is 13.8. The van der Waals surface area contributed by atoms with Crippen LogP contribution in [0, 0.1) is 6.92 Å². The van der Waals surface area contributed by atoms with Crippen molar-refractivity contribution >= 4 is 44.2 Å². The number of aliphatic imine (C=N–C) groups is 1. The highest BCUT2D eigenvalue weighted by Gasteiger charge is 2.44. The lowest BCUT2D eigenvalue weighted by molar-refractivity contribution is -0.114. The van der Waals surface area contributed by atoms with Crippen LogP contribution in [0.2, 0.25) is 0 Å². The second kappa shape index (κ2) is 7.71. The second-order valence-corrected chi connectivity index (χ2v) is 10.3. The van der Waals surface area contributed by atoms with Gasteiger partial charge in [0.25, 0.3) is 0 Å². The van der Waals surface area contributed by atoms with Gasteiger partial charge in [-0.1, -0.05) is 17.8 Å². The molecule has 0 saturated carbocycles. The molecule has 1 saturated heterocycles. The van der Waals surface area contributed by atoms with Gasteiger partial charge < -0.3 is 15.0 Å². The maximum atomic E-state index is 12.7. The van der Waals surface area contributed by atoms with Crippen LogP contribution >= 0.6 is 11.8 Å². The third-order valence-corrected chi connectivity index (χ3v) is 7.92. The van der Waals surface area contributed by atoms with Gasteiger partial charge in [-0.2, -0.15) is 5.10 Å². The molecule has 29 heavy (non-hydrogen) atoms. The highest BCUT2D eigenvalue weighted by molar-refractivity contribution is 8.15. The molecule has 1 amide bonds. The number of fused-ring (bicyclic) bond motifs is 1. The first-order valence-corrected chi connectivity index (χ1v) is 11.7. The molecule has 0 bridgehead atoms. The van der Waals surface area contributed by atoms with E-state index in [4.69, 9.17) is 4.74 Å². The summed E-state index contributed by atoms with van der Waals surface area (Å²) in [6, 6.07) is 8.80. The Balaban J connectivity index is 1.58. The zero-order chi connectivity index (χ0) is 20.6. The Kier molecular flexibility index (Phi) is 5.26. The number of amides is 1. The van der Waals surface area contributed by atoms with Gasteiger partial charge in [0.2, 0.25) is 5.91 Å². The normalized spacial score (nSPS) is 22.1. The molecule has 0 aliphatic carbocycles. The van der Waals surface area contributed by atoms with E-state index in [0.29, 0.717) is 16.7 Å². The molecule has 4 rings (SSSR count). The Labute approximate surface area is 172 Å². The Morgan fingerprint density at radius 3 is 2.90 bits per heavy atom. The van der Waals surface area contributed by atoms with Crippen molar-refractivity contribution < 1.29 is 17.9 Å². The van der Waals surface area contributed by atoms with E-state index in [1.54, 1.807) is 18.1 Å². The summed E-state index contributed by atoms with van der Waals surface area (Å²) in [5.41, 5.74) is 1.58. The predicted molar refractivity (Wildman–Crippen MR) is 114 cm³/mol. The number of nitrogens with zero attached hydrogens (tertiary/aromatic N) is 3. The molecule has 2 aliphatic heterocycles. The highest BCUT2D eigenvalue weighted by atomic mass is 32.2. The number of anilines is 2. The number of carbonyl (C=O) groups excluding carboxylic acids is 1. The summed E-state index contributed by atoms with van der Waals surface area (Å²) < 4.78 is 29.0. The van der Waals surface area contributed by atoms with Crippen LogP contribution in [-0.2, 0) is 14.6 Å². The molecule has 1 fully saturated rings. The molecule has 0 radical (unpaired) electrons. The van der Waals surface area contributed by atoms with Gasteiger partial charge in [-0.25, -0.2) is 8.42 Å². The fourth-order valence-corrected chi connectivity index (χ4v) is 7.11. The number of aryl methyl sites for hydroxylation is 1. The van der Waals surface area contributed by atoms with Crippen LogP contribution in [0.1, 0.15) is 5.69 Å². The number of thioether (sulfide) groups is 1. The molecule has 3 heterocycles. The Morgan fingerprint density at radius 2 is 2.21 bits per heavy atom. The molecule has 2 N–H and O–H groups in total. The summed E-state index contributed by atoms with van der Waals surface area (Å²) in [6.45, 7) is 1.86. The number of nitrogens with one attached hydrogen (secondary N) is 2. The van der Waals surface area contributed by atoms with E-state index >= 15 is 0 Å². The molecule has 0 spiro atoms. The lowest BCUT2D eigenvalue weighted by Crippen LogP contribution is -2.36. The monoisotopic (exact) mass is 435 g/mol. The van der Waals surface area contributed by atoms with Gasteiger partial charge in [0, 0.05) is 28.8 Å². The average Bonchev–Trinajstić information content (AvgIpc) is 3.32. The number of hydrogen-bond acceptors (Lipinski definition) is 8. The van der Waals surface area contributed by atoms with Crippen molar-refractivity contribution in [3.05, 3.63) is 36.0 Å². The Bertz CT molecular complexity index is 1070. The molecule has 9 nitrogen and oxygen atoms in total. The fraction of sp³-hybridized carbons (Fsp3) is 0.389. The maximum absolute atomic E-state index is 12.7. The van der Waals surface area contributed by atoms with Gasteiger partial charge >= 0.3 is 0 Å². The first kappa shape index (κ1) is 19.8. The summed E-state index contributed by atoms with van der Waals surface area (Å²) in [5.74, 6) is 1.01. The molecule has 11 heteroatoms. The van der Waals surface area contributed by atoms with E-state index in [0.717, 1.165) is 11.4 Å². The standard InChI is InChI=1S/C18H21N5O4S2/c1-11-6-16(22-21-11)20-17(24)8-23(12-4-3-5-13(7-12)27-2)18-19-14-9-29(25,26)10-15(14)28-18/h3-7,14-15H,8-10H2,1-2H3,(H2,20,21,22,24)/t14-,15+/m0/s1. The number of rotatable bonds is 5. The number of hydrogen-bond donors (Lipinski definition) is 2. The van der Waals surface area contributed by atoms with Gasteiger partial charge in [0.15, 0.2) is 20.8 Å². The third kappa shape index (κ3) is 4.40. The predicted octanol–water partition coefficient (Wildman–Crippen LogP) is 1.44. The third-order valence-electron chi connectivity index (χ3n) is 4.68. The number of sulfone groups is 1. The first-order valence-electron chi connectivity index (χ1n) is 9.01. The molecule has 1 aromatic heterocycles. The molecule has 1 aromatic carbocycles. The largest absolute Gasteiger partial charge is 0.497 e. The van der Waals surface area contributed by atoms with E-state index in [1.165, 1.54) is 11.8 Å². The number of benzene rings is 1. The number of H-pyrrole nitrogens is 1. The summed E-state index contributed by atoms with van der Waals surface area (Å²) >= 11 is 1.41. The van der Waals surface area contributed by atoms with E-state index in [2.05, 4.69) is 20.5 Å². The molecule has 2 aliphatic rings. The van der Waals surface area contributed by atoms with Crippen LogP contribution in [-0.4, -0.2) is 66.1 Å². The van der Waals surface area contributed by atoms with Crippen molar-refractivity contribution in [2.75, 3.05) is 35.4 Å². The minimum Gasteiger partial charge on any atom is -0.497 e. The van der Waals surface area contributed by atoms with E-state index in [1.807, 2.05) is 31.2 Å². The van der Waals surface area contributed by atoms with Crippen molar-refractivity contribution in [3.8, 4) is 5.75 Å². The number of methoxy groups -OCH3 is 1. The fourth-order valence-electron chi connectivity index (χ4n) is 3.33. The smallest absolute Gasteiger partial charge is 0.245 e. The van der Waals surface area contributed by atoms with Crippen molar-refractivity contribution in [1.29, 1.82) is 0 Å². The summed E-state index contributed by atoms with van der Waals surface area (Å²) in [7, 11) is -1.47. The van der Waals surface area contributed by atoms with Gasteiger partial charge in [-0.15, -0.1) is 0 Å². The molecule has 2 aromatic rings. The van der Waals surface area contributed by atoms with Crippen LogP contribution in [0.25, 0.3) is 0 Å². The van der Waals surface area contributed by atoms with Gasteiger partial charge in [-0.05, 0) is 19.1 Å². The zero-order valence-corrected chi connectivity index (χ0v) is 17.6. The van der Waals surface area contributed by atoms with E-state index in [9.17, 15) is 13.2 Å². The van der Waals surface area contributed by atoms with Gasteiger partial charge in [-0.3, -0.25) is 14.9 Å². The van der Waals surface area contributed by atoms with Gasteiger partial charge in [0.05, 0.1) is 24.7 Å². The molecular formula is C18H21N5O4S2. The number of amidine groups is 1. The molecule has 2 atom stereocenters. The van der Waals surface area contributed by atoms with Gasteiger partial charge in [0.1, 0.15) is 12.3 Å². The maximum Gasteiger partial charge on any atom is 0.245 e. The number of aromatic nitrogens is 2. The van der Waals surface area contributed by atoms with Crippen LogP contribution in [0.5, 0.6) is 5.75 Å². The molecular weight excluding hydrogens is 414 g/mol. The quantitative estimate of drug-likeness (QED) is 0.730. The van der Waals surface area contributed by atoms with Crippen molar-refractivity contribution in [3.63, 3.8) is 0 Å². The average molecular weight is 436 g/mol. The van der Waals surface area contributed by atoms with Crippen molar-refractivity contribution in [2.24, 2.45) is 4.99 Å². The number of ether oxygens (including phenoxy) is 1. The van der Waals surface area contributed by atoms with E-state index in [-0.39, 0.29) is 35.2 Å². The molecule has 0 unspecified atom stereocenters. The second-order valence-electron chi connectivity index (χ2n) is 6.98. The lowest BCUT2D eigenvalue weighted by Gasteiger charge is -2.24. The minimum atomic E-state index is -3.05. The summed E-state index contributed by atoms with van der Waals surface area (Å²) in [4.78, 5) is 19.1. The topological polar surface area (TPSA) is 117 Å². The van der Waals surface area contributed by atoms with Crippen LogP contribution < -0.4 is 15.0 Å². The minimum absolute atomic E-state index is 0.0110. The Morgan fingerprint density at radius 1 is 1.38 bits per heavy atom. The lowest BCUT2D eigenvalue weighted by atomic mass is 10.2. The van der Waals surface area contributed by atoms with E-state index < -0.39 is 9.84 Å². The SMILES string of the molecule is COc1cccc(N(CC(=O)Nc2cc(C)[nH]n2)C2=N[C@H]3CS(=O)(=O)C[C@H]3S2)c1. The summed E-state index contributed by atoms with van der Waals surface area (Å²) in [5, 5.41) is 10.1. The summed E-state index contributed by atoms with van der Waals surface area (Å²) in [6.07, 6.45) is 0. The van der Waals surface area contributed by atoms with Crippen LogP contribution in [0.15, 0.2) is 35.3 Å². The highest BCUT2D eigenvalue weighted by Crippen LogP contribution is 2.37. The van der Waals surface area contributed by atoms with Crippen LogP contribution in [0.3, 0.4) is 0 Å². The number of carbonyl (C=O) groups is 1. The zero-order valence-electron chi connectivity index (χ0n) is 16.0. The number of aromatic amines is 1. The molecule has 154 valence electrons.